The highest BCUT2D eigenvalue weighted by molar-refractivity contribution is 5.84. The van der Waals surface area contributed by atoms with Crippen molar-refractivity contribution in [2.75, 3.05) is 0 Å². The number of esters is 1. The van der Waals surface area contributed by atoms with Crippen molar-refractivity contribution in [1.29, 1.82) is 0 Å². The van der Waals surface area contributed by atoms with Gasteiger partial charge in [-0.2, -0.15) is 0 Å². The summed E-state index contributed by atoms with van der Waals surface area (Å²) in [6.45, 7) is 5.80. The van der Waals surface area contributed by atoms with E-state index >= 15 is 0 Å². The van der Waals surface area contributed by atoms with E-state index in [0.717, 1.165) is 12.8 Å². The van der Waals surface area contributed by atoms with Crippen LogP contribution in [0.4, 0.5) is 0 Å². The molecule has 0 aliphatic heterocycles. The first-order chi connectivity index (χ1) is 7.91. The van der Waals surface area contributed by atoms with Gasteiger partial charge in [0.25, 0.3) is 0 Å². The zero-order valence-electron chi connectivity index (χ0n) is 11.3. The van der Waals surface area contributed by atoms with Crippen LogP contribution in [0.25, 0.3) is 0 Å². The SMILES string of the molecule is CC(C)(C)OC(=O)C1(NC2CCCCC2)CC1. The van der Waals surface area contributed by atoms with E-state index in [0.29, 0.717) is 6.04 Å². The predicted octanol–water partition coefficient (Wildman–Crippen LogP) is 2.78. The van der Waals surface area contributed by atoms with Crippen LogP contribution in [0.15, 0.2) is 0 Å². The summed E-state index contributed by atoms with van der Waals surface area (Å²) in [4.78, 5) is 12.1. The van der Waals surface area contributed by atoms with E-state index in [-0.39, 0.29) is 17.1 Å². The molecule has 0 aromatic carbocycles. The van der Waals surface area contributed by atoms with Crippen molar-refractivity contribution in [2.24, 2.45) is 0 Å². The molecule has 0 saturated heterocycles. The Hall–Kier alpha value is -0.570. The molecule has 1 N–H and O–H groups in total. The largest absolute Gasteiger partial charge is 0.459 e. The van der Waals surface area contributed by atoms with Gasteiger partial charge in [-0.1, -0.05) is 19.3 Å². The second-order valence-corrected chi connectivity index (χ2v) is 6.56. The van der Waals surface area contributed by atoms with Crippen LogP contribution in [-0.4, -0.2) is 23.2 Å². The Labute approximate surface area is 104 Å². The molecule has 2 rings (SSSR count). The number of hydrogen-bond donors (Lipinski definition) is 1. The molecule has 0 spiro atoms. The summed E-state index contributed by atoms with van der Waals surface area (Å²) in [6, 6.07) is 0.527. The maximum atomic E-state index is 12.1. The third-order valence-electron chi connectivity index (χ3n) is 3.63. The Balaban J connectivity index is 1.88. The van der Waals surface area contributed by atoms with Crippen molar-refractivity contribution in [3.8, 4) is 0 Å². The number of nitrogens with one attached hydrogen (secondary N) is 1. The smallest absolute Gasteiger partial charge is 0.326 e. The summed E-state index contributed by atoms with van der Waals surface area (Å²) in [5, 5.41) is 3.55. The van der Waals surface area contributed by atoms with Crippen molar-refractivity contribution in [3.63, 3.8) is 0 Å². The van der Waals surface area contributed by atoms with E-state index in [9.17, 15) is 4.79 Å². The highest BCUT2D eigenvalue weighted by atomic mass is 16.6. The van der Waals surface area contributed by atoms with Crippen molar-refractivity contribution in [1.82, 2.24) is 5.32 Å². The molecule has 17 heavy (non-hydrogen) atoms. The average Bonchev–Trinajstić information content (AvgIpc) is 2.98. The van der Waals surface area contributed by atoms with Crippen molar-refractivity contribution < 1.29 is 9.53 Å². The van der Waals surface area contributed by atoms with E-state index in [1.807, 2.05) is 20.8 Å². The zero-order chi connectivity index (χ0) is 12.5. The summed E-state index contributed by atoms with van der Waals surface area (Å²) >= 11 is 0. The molecule has 2 aliphatic carbocycles. The van der Waals surface area contributed by atoms with Gasteiger partial charge in [-0.15, -0.1) is 0 Å². The molecule has 0 radical (unpaired) electrons. The quantitative estimate of drug-likeness (QED) is 0.770. The fourth-order valence-corrected chi connectivity index (χ4v) is 2.55. The van der Waals surface area contributed by atoms with E-state index in [1.54, 1.807) is 0 Å². The van der Waals surface area contributed by atoms with Gasteiger partial charge < -0.3 is 4.74 Å². The van der Waals surface area contributed by atoms with Gasteiger partial charge in [-0.3, -0.25) is 10.1 Å². The van der Waals surface area contributed by atoms with E-state index in [4.69, 9.17) is 4.74 Å². The molecule has 0 heterocycles. The molecule has 3 heteroatoms. The van der Waals surface area contributed by atoms with Gasteiger partial charge >= 0.3 is 5.97 Å². The van der Waals surface area contributed by atoms with Crippen LogP contribution >= 0.6 is 0 Å². The minimum Gasteiger partial charge on any atom is -0.459 e. The maximum absolute atomic E-state index is 12.1. The Bertz CT molecular complexity index is 283. The molecule has 0 bridgehead atoms. The Kier molecular flexibility index (Phi) is 3.48. The van der Waals surface area contributed by atoms with Crippen LogP contribution < -0.4 is 5.32 Å². The lowest BCUT2D eigenvalue weighted by atomic mass is 9.94. The molecule has 0 atom stereocenters. The second kappa shape index (κ2) is 4.60. The van der Waals surface area contributed by atoms with E-state index < -0.39 is 0 Å². The van der Waals surface area contributed by atoms with Gasteiger partial charge in [-0.25, -0.2) is 0 Å². The van der Waals surface area contributed by atoms with Crippen LogP contribution in [0.5, 0.6) is 0 Å². The first-order valence-corrected chi connectivity index (χ1v) is 6.92. The lowest BCUT2D eigenvalue weighted by Gasteiger charge is -2.29. The van der Waals surface area contributed by atoms with Gasteiger partial charge in [0.15, 0.2) is 0 Å². The summed E-state index contributed by atoms with van der Waals surface area (Å²) in [7, 11) is 0. The average molecular weight is 239 g/mol. The van der Waals surface area contributed by atoms with Crippen LogP contribution in [0.1, 0.15) is 65.7 Å². The predicted molar refractivity (Wildman–Crippen MR) is 67.8 cm³/mol. The zero-order valence-corrected chi connectivity index (χ0v) is 11.3. The van der Waals surface area contributed by atoms with E-state index in [2.05, 4.69) is 5.32 Å². The third-order valence-corrected chi connectivity index (χ3v) is 3.63. The molecule has 0 amide bonds. The summed E-state index contributed by atoms with van der Waals surface area (Å²) < 4.78 is 5.51. The Morgan fingerprint density at radius 1 is 1.18 bits per heavy atom. The van der Waals surface area contributed by atoms with Crippen LogP contribution in [0.2, 0.25) is 0 Å². The number of ether oxygens (including phenoxy) is 1. The molecule has 0 aromatic heterocycles. The van der Waals surface area contributed by atoms with Gasteiger partial charge in [0.1, 0.15) is 11.1 Å². The highest BCUT2D eigenvalue weighted by Gasteiger charge is 2.53. The number of rotatable bonds is 3. The van der Waals surface area contributed by atoms with Gasteiger partial charge in [0, 0.05) is 6.04 Å². The normalized spacial score (nSPS) is 24.4. The van der Waals surface area contributed by atoms with Gasteiger partial charge in [-0.05, 0) is 46.5 Å². The molecule has 0 unspecified atom stereocenters. The molecular weight excluding hydrogens is 214 g/mol. The second-order valence-electron chi connectivity index (χ2n) is 6.56. The van der Waals surface area contributed by atoms with Gasteiger partial charge in [0.05, 0.1) is 0 Å². The number of carbonyl (C=O) groups excluding carboxylic acids is 1. The maximum Gasteiger partial charge on any atom is 0.326 e. The minimum atomic E-state index is -0.374. The Morgan fingerprint density at radius 2 is 1.76 bits per heavy atom. The number of carbonyl (C=O) groups is 1. The van der Waals surface area contributed by atoms with Crippen LogP contribution in [0.3, 0.4) is 0 Å². The number of hydrogen-bond acceptors (Lipinski definition) is 3. The third kappa shape index (κ3) is 3.44. The molecule has 0 aromatic rings. The monoisotopic (exact) mass is 239 g/mol. The molecule has 3 nitrogen and oxygen atoms in total. The fourth-order valence-electron chi connectivity index (χ4n) is 2.55. The first-order valence-electron chi connectivity index (χ1n) is 6.92. The molecule has 98 valence electrons. The van der Waals surface area contributed by atoms with Gasteiger partial charge in [0.2, 0.25) is 0 Å². The van der Waals surface area contributed by atoms with Crippen molar-refractivity contribution in [2.45, 2.75) is 82.9 Å². The topological polar surface area (TPSA) is 38.3 Å². The van der Waals surface area contributed by atoms with Crippen molar-refractivity contribution >= 4 is 5.97 Å². The highest BCUT2D eigenvalue weighted by Crippen LogP contribution is 2.39. The standard InChI is InChI=1S/C14H25NO2/c1-13(2,3)17-12(16)14(9-10-14)15-11-7-5-4-6-8-11/h11,15H,4-10H2,1-3H3. The summed E-state index contributed by atoms with van der Waals surface area (Å²) in [6.07, 6.45) is 8.24. The van der Waals surface area contributed by atoms with E-state index in [1.165, 1.54) is 32.1 Å². The van der Waals surface area contributed by atoms with Crippen molar-refractivity contribution in [3.05, 3.63) is 0 Å². The lowest BCUT2D eigenvalue weighted by Crippen LogP contribution is -2.48. The molecular formula is C14H25NO2. The lowest BCUT2D eigenvalue weighted by molar-refractivity contribution is -0.159. The molecule has 2 fully saturated rings. The van der Waals surface area contributed by atoms with Crippen LogP contribution in [0, 0.1) is 0 Å². The molecule has 2 saturated carbocycles. The first kappa shape index (κ1) is 12.9. The minimum absolute atomic E-state index is 0.0458. The summed E-state index contributed by atoms with van der Waals surface area (Å²) in [5.74, 6) is -0.0458. The molecule has 2 aliphatic rings. The van der Waals surface area contributed by atoms with Crippen LogP contribution in [-0.2, 0) is 9.53 Å². The fraction of sp³-hybridized carbons (Fsp3) is 0.929. The Morgan fingerprint density at radius 3 is 2.24 bits per heavy atom. The summed E-state index contributed by atoms with van der Waals surface area (Å²) in [5.41, 5.74) is -0.712.